The van der Waals surface area contributed by atoms with E-state index in [4.69, 9.17) is 16.3 Å². The predicted molar refractivity (Wildman–Crippen MR) is 100 cm³/mol. The number of halogens is 1. The third-order valence-electron chi connectivity index (χ3n) is 4.32. The first-order valence-electron chi connectivity index (χ1n) is 8.40. The molecule has 0 saturated heterocycles. The van der Waals surface area contributed by atoms with Gasteiger partial charge in [0, 0.05) is 29.8 Å². The average molecular weight is 392 g/mol. The van der Waals surface area contributed by atoms with Crippen LogP contribution in [-0.4, -0.2) is 32.8 Å². The fourth-order valence-corrected chi connectivity index (χ4v) is 3.73. The SMILES string of the molecule is COc1cc(Cl)c(C)cc1NC(=O)CCc1nn2c(C3CC3)nnc2s1. The zero-order chi connectivity index (χ0) is 18.3. The van der Waals surface area contributed by atoms with Crippen LogP contribution in [-0.2, 0) is 11.2 Å². The van der Waals surface area contributed by atoms with Crippen molar-refractivity contribution >= 4 is 39.5 Å². The van der Waals surface area contributed by atoms with E-state index in [1.807, 2.05) is 17.5 Å². The molecule has 2 aromatic heterocycles. The molecule has 0 unspecified atom stereocenters. The zero-order valence-electron chi connectivity index (χ0n) is 14.5. The Kier molecular flexibility index (Phi) is 4.54. The maximum Gasteiger partial charge on any atom is 0.234 e. The molecule has 1 aliphatic carbocycles. The van der Waals surface area contributed by atoms with E-state index in [9.17, 15) is 4.79 Å². The molecule has 7 nitrogen and oxygen atoms in total. The van der Waals surface area contributed by atoms with Gasteiger partial charge in [-0.05, 0) is 31.4 Å². The topological polar surface area (TPSA) is 81.4 Å². The van der Waals surface area contributed by atoms with Crippen LogP contribution in [0.15, 0.2) is 12.1 Å². The third-order valence-corrected chi connectivity index (χ3v) is 5.69. The van der Waals surface area contributed by atoms with Crippen molar-refractivity contribution in [1.29, 1.82) is 0 Å². The number of aromatic nitrogens is 4. The van der Waals surface area contributed by atoms with Gasteiger partial charge in [-0.3, -0.25) is 4.79 Å². The third kappa shape index (κ3) is 3.39. The molecular weight excluding hydrogens is 374 g/mol. The quantitative estimate of drug-likeness (QED) is 0.694. The fourth-order valence-electron chi connectivity index (χ4n) is 2.73. The van der Waals surface area contributed by atoms with Crippen LogP contribution in [0.3, 0.4) is 0 Å². The number of benzene rings is 1. The molecule has 0 spiro atoms. The van der Waals surface area contributed by atoms with Gasteiger partial charge >= 0.3 is 0 Å². The van der Waals surface area contributed by atoms with Gasteiger partial charge in [0.25, 0.3) is 0 Å². The Labute approximate surface area is 159 Å². The van der Waals surface area contributed by atoms with Crippen molar-refractivity contribution in [3.63, 3.8) is 0 Å². The first kappa shape index (κ1) is 17.2. The number of aryl methyl sites for hydroxylation is 2. The molecule has 1 N–H and O–H groups in total. The summed E-state index contributed by atoms with van der Waals surface area (Å²) in [5.41, 5.74) is 1.50. The average Bonchev–Trinajstić information content (AvgIpc) is 3.25. The number of amides is 1. The highest BCUT2D eigenvalue weighted by Gasteiger charge is 2.30. The number of hydrogen-bond donors (Lipinski definition) is 1. The number of nitrogens with zero attached hydrogens (tertiary/aromatic N) is 4. The molecule has 3 aromatic rings. The van der Waals surface area contributed by atoms with Crippen LogP contribution >= 0.6 is 22.9 Å². The first-order chi connectivity index (χ1) is 12.5. The highest BCUT2D eigenvalue weighted by molar-refractivity contribution is 7.16. The van der Waals surface area contributed by atoms with Crippen LogP contribution in [0.1, 0.15) is 41.6 Å². The minimum atomic E-state index is -0.0987. The lowest BCUT2D eigenvalue weighted by Crippen LogP contribution is -2.13. The van der Waals surface area contributed by atoms with Crippen molar-refractivity contribution in [3.05, 3.63) is 33.6 Å². The van der Waals surface area contributed by atoms with E-state index in [1.165, 1.54) is 11.3 Å². The molecule has 26 heavy (non-hydrogen) atoms. The number of carbonyl (C=O) groups is 1. The molecule has 1 fully saturated rings. The number of nitrogens with one attached hydrogen (secondary N) is 1. The first-order valence-corrected chi connectivity index (χ1v) is 9.59. The molecule has 0 atom stereocenters. The summed E-state index contributed by atoms with van der Waals surface area (Å²) >= 11 is 7.58. The molecule has 0 bridgehead atoms. The number of ether oxygens (including phenoxy) is 1. The Bertz CT molecular complexity index is 979. The molecule has 1 amide bonds. The van der Waals surface area contributed by atoms with E-state index >= 15 is 0 Å². The molecule has 0 radical (unpaired) electrons. The van der Waals surface area contributed by atoms with Gasteiger partial charge in [0.1, 0.15) is 10.8 Å². The van der Waals surface area contributed by atoms with Crippen molar-refractivity contribution < 1.29 is 9.53 Å². The van der Waals surface area contributed by atoms with Crippen LogP contribution in [0.4, 0.5) is 5.69 Å². The molecule has 4 rings (SSSR count). The predicted octanol–water partition coefficient (Wildman–Crippen LogP) is 3.60. The second-order valence-electron chi connectivity index (χ2n) is 6.37. The highest BCUT2D eigenvalue weighted by Crippen LogP contribution is 2.39. The molecular formula is C17H18ClN5O2S. The van der Waals surface area contributed by atoms with Crippen LogP contribution in [0.2, 0.25) is 5.02 Å². The standard InChI is InChI=1S/C17H18ClN5O2S/c1-9-7-12(13(25-2)8-11(9)18)19-14(24)5-6-15-22-23-16(10-3-4-10)20-21-17(23)26-15/h7-8,10H,3-6H2,1-2H3,(H,19,24). The lowest BCUT2D eigenvalue weighted by molar-refractivity contribution is -0.116. The minimum Gasteiger partial charge on any atom is -0.495 e. The van der Waals surface area contributed by atoms with Crippen LogP contribution < -0.4 is 10.1 Å². The second-order valence-corrected chi connectivity index (χ2v) is 7.82. The van der Waals surface area contributed by atoms with Crippen LogP contribution in [0, 0.1) is 6.92 Å². The lowest BCUT2D eigenvalue weighted by atomic mass is 10.2. The summed E-state index contributed by atoms with van der Waals surface area (Å²) < 4.78 is 7.11. The molecule has 0 aliphatic heterocycles. The molecule has 136 valence electrons. The lowest BCUT2D eigenvalue weighted by Gasteiger charge is -2.12. The monoisotopic (exact) mass is 391 g/mol. The van der Waals surface area contributed by atoms with E-state index < -0.39 is 0 Å². The summed E-state index contributed by atoms with van der Waals surface area (Å²) in [4.78, 5) is 13.1. The van der Waals surface area contributed by atoms with Gasteiger partial charge in [0.2, 0.25) is 10.9 Å². The van der Waals surface area contributed by atoms with Gasteiger partial charge < -0.3 is 10.1 Å². The number of hydrogen-bond acceptors (Lipinski definition) is 6. The van der Waals surface area contributed by atoms with Crippen molar-refractivity contribution in [1.82, 2.24) is 19.8 Å². The smallest absolute Gasteiger partial charge is 0.234 e. The van der Waals surface area contributed by atoms with E-state index in [2.05, 4.69) is 20.6 Å². The van der Waals surface area contributed by atoms with E-state index in [0.717, 1.165) is 34.2 Å². The summed E-state index contributed by atoms with van der Waals surface area (Å²) in [6, 6.07) is 3.51. The van der Waals surface area contributed by atoms with Gasteiger partial charge in [0.15, 0.2) is 5.82 Å². The van der Waals surface area contributed by atoms with Crippen molar-refractivity contribution in [2.45, 2.75) is 38.5 Å². The zero-order valence-corrected chi connectivity index (χ0v) is 16.0. The fraction of sp³-hybridized carbons (Fsp3) is 0.412. The Morgan fingerprint density at radius 3 is 2.96 bits per heavy atom. The number of methoxy groups -OCH3 is 1. The maximum absolute atomic E-state index is 12.3. The van der Waals surface area contributed by atoms with Crippen LogP contribution in [0.5, 0.6) is 5.75 Å². The minimum absolute atomic E-state index is 0.0987. The molecule has 1 saturated carbocycles. The van der Waals surface area contributed by atoms with Crippen molar-refractivity contribution in [2.75, 3.05) is 12.4 Å². The summed E-state index contributed by atoms with van der Waals surface area (Å²) in [5.74, 6) is 1.87. The van der Waals surface area contributed by atoms with Gasteiger partial charge in [-0.2, -0.15) is 9.61 Å². The largest absolute Gasteiger partial charge is 0.495 e. The maximum atomic E-state index is 12.3. The summed E-state index contributed by atoms with van der Waals surface area (Å²) in [6.45, 7) is 1.88. The summed E-state index contributed by atoms with van der Waals surface area (Å²) in [6.07, 6.45) is 3.18. The summed E-state index contributed by atoms with van der Waals surface area (Å²) in [5, 5.41) is 17.3. The number of anilines is 1. The Balaban J connectivity index is 1.42. The number of fused-ring (bicyclic) bond motifs is 1. The number of rotatable bonds is 6. The van der Waals surface area contributed by atoms with Crippen molar-refractivity contribution in [3.8, 4) is 5.75 Å². The second kappa shape index (κ2) is 6.85. The summed E-state index contributed by atoms with van der Waals surface area (Å²) in [7, 11) is 1.55. The van der Waals surface area contributed by atoms with Crippen molar-refractivity contribution in [2.24, 2.45) is 0 Å². The van der Waals surface area contributed by atoms with Gasteiger partial charge in [0.05, 0.1) is 12.8 Å². The molecule has 2 heterocycles. The van der Waals surface area contributed by atoms with E-state index in [-0.39, 0.29) is 5.91 Å². The molecule has 9 heteroatoms. The Morgan fingerprint density at radius 2 is 2.23 bits per heavy atom. The normalized spacial score (nSPS) is 14.0. The number of carbonyl (C=O) groups excluding carboxylic acids is 1. The molecule has 1 aliphatic rings. The van der Waals surface area contributed by atoms with E-state index in [0.29, 0.717) is 35.2 Å². The van der Waals surface area contributed by atoms with E-state index in [1.54, 1.807) is 13.2 Å². The van der Waals surface area contributed by atoms with Crippen LogP contribution in [0.25, 0.3) is 4.96 Å². The van der Waals surface area contributed by atoms with Gasteiger partial charge in [-0.1, -0.05) is 22.9 Å². The van der Waals surface area contributed by atoms with Gasteiger partial charge in [-0.25, -0.2) is 0 Å². The molecule has 1 aromatic carbocycles. The highest BCUT2D eigenvalue weighted by atomic mass is 35.5. The Hall–Kier alpha value is -2.19. The Morgan fingerprint density at radius 1 is 1.42 bits per heavy atom. The van der Waals surface area contributed by atoms with Gasteiger partial charge in [-0.15, -0.1) is 10.2 Å².